The van der Waals surface area contributed by atoms with Gasteiger partial charge >= 0.3 is 0 Å². The lowest BCUT2D eigenvalue weighted by atomic mass is 9.96. The Hall–Kier alpha value is -2.57. The molecule has 1 atom stereocenters. The molecule has 1 aromatic carbocycles. The second-order valence-electron chi connectivity index (χ2n) is 8.07. The summed E-state index contributed by atoms with van der Waals surface area (Å²) in [5.74, 6) is -0.724. The number of carbonyl (C=O) groups excluding carboxylic acids is 2. The topological polar surface area (TPSA) is 139 Å². The van der Waals surface area contributed by atoms with Crippen molar-refractivity contribution in [2.45, 2.75) is 44.1 Å². The van der Waals surface area contributed by atoms with Crippen molar-refractivity contribution in [3.8, 4) is 0 Å². The summed E-state index contributed by atoms with van der Waals surface area (Å²) in [5.41, 5.74) is -0.378. The van der Waals surface area contributed by atoms with Crippen molar-refractivity contribution < 1.29 is 22.7 Å². The van der Waals surface area contributed by atoms with Gasteiger partial charge < -0.3 is 15.4 Å². The second kappa shape index (κ2) is 9.28. The van der Waals surface area contributed by atoms with Crippen LogP contribution in [0.3, 0.4) is 0 Å². The number of anilines is 2. The molecule has 2 aromatic rings. The number of nitrogens with one attached hydrogen (secondary N) is 3. The number of para-hydroxylation sites is 1. The first kappa shape index (κ1) is 23.1. The van der Waals surface area contributed by atoms with Gasteiger partial charge in [-0.15, -0.1) is 10.2 Å². The van der Waals surface area contributed by atoms with E-state index in [0.29, 0.717) is 13.2 Å². The Bertz CT molecular complexity index is 1060. The lowest BCUT2D eigenvalue weighted by molar-refractivity contribution is -0.123. The molecule has 1 aromatic heterocycles. The molecule has 1 aliphatic heterocycles. The molecule has 0 aliphatic carbocycles. The van der Waals surface area contributed by atoms with Crippen LogP contribution in [0.5, 0.6) is 0 Å². The summed E-state index contributed by atoms with van der Waals surface area (Å²) in [6, 6.07) is 6.27. The monoisotopic (exact) mass is 467 g/mol. The molecule has 0 bridgehead atoms. The lowest BCUT2D eigenvalue weighted by Crippen LogP contribution is -2.32. The third kappa shape index (κ3) is 5.99. The fourth-order valence-corrected chi connectivity index (χ4v) is 4.70. The average Bonchev–Trinajstić information content (AvgIpc) is 3.38. The summed E-state index contributed by atoms with van der Waals surface area (Å²) >= 11 is 0.723. The minimum Gasteiger partial charge on any atom is -0.376 e. The number of amides is 2. The van der Waals surface area contributed by atoms with E-state index in [9.17, 15) is 18.0 Å². The number of rotatable bonds is 7. The zero-order valence-electron chi connectivity index (χ0n) is 17.5. The largest absolute Gasteiger partial charge is 0.376 e. The first-order valence-electron chi connectivity index (χ1n) is 9.73. The summed E-state index contributed by atoms with van der Waals surface area (Å²) in [5, 5.41) is 12.8. The van der Waals surface area contributed by atoms with Crippen LogP contribution >= 0.6 is 11.3 Å². The molecule has 0 unspecified atom stereocenters. The minimum atomic E-state index is -4.11. The van der Waals surface area contributed by atoms with Crippen molar-refractivity contribution in [2.75, 3.05) is 23.2 Å². The van der Waals surface area contributed by atoms with Gasteiger partial charge in [0.1, 0.15) is 0 Å². The quantitative estimate of drug-likeness (QED) is 0.531. The van der Waals surface area contributed by atoms with E-state index >= 15 is 0 Å². The average molecular weight is 468 g/mol. The molecule has 10 nitrogen and oxygen atoms in total. The molecule has 2 amide bonds. The maximum absolute atomic E-state index is 12.8. The van der Waals surface area contributed by atoms with E-state index in [1.54, 1.807) is 32.9 Å². The van der Waals surface area contributed by atoms with Crippen LogP contribution in [0, 0.1) is 5.41 Å². The smallest absolute Gasteiger partial charge is 0.291 e. The molecule has 1 fully saturated rings. The van der Waals surface area contributed by atoms with E-state index in [0.717, 1.165) is 24.2 Å². The second-order valence-corrected chi connectivity index (χ2v) is 10.9. The molecule has 1 aliphatic rings. The minimum absolute atomic E-state index is 0.0315. The van der Waals surface area contributed by atoms with Crippen LogP contribution in [-0.2, 0) is 19.6 Å². The van der Waals surface area contributed by atoms with Crippen LogP contribution in [0.15, 0.2) is 28.6 Å². The molecule has 168 valence electrons. The SMILES string of the molecule is CC(C)(C)C(=O)Nc1nnc(S(=O)(=O)Nc2ccccc2C(=O)NC[C@H]2CCCO2)s1. The van der Waals surface area contributed by atoms with Gasteiger partial charge in [0.25, 0.3) is 20.3 Å². The first-order chi connectivity index (χ1) is 14.6. The van der Waals surface area contributed by atoms with Crippen molar-refractivity contribution >= 4 is 44.0 Å². The molecule has 0 saturated carbocycles. The van der Waals surface area contributed by atoms with E-state index in [1.165, 1.54) is 12.1 Å². The highest BCUT2D eigenvalue weighted by atomic mass is 32.2. The number of ether oxygens (including phenoxy) is 1. The van der Waals surface area contributed by atoms with E-state index in [1.807, 2.05) is 0 Å². The molecular formula is C19H25N5O5S2. The normalized spacial score (nSPS) is 16.7. The van der Waals surface area contributed by atoms with Gasteiger partial charge in [0.2, 0.25) is 11.0 Å². The van der Waals surface area contributed by atoms with E-state index in [4.69, 9.17) is 4.74 Å². The Morgan fingerprint density at radius 2 is 1.97 bits per heavy atom. The summed E-state index contributed by atoms with van der Waals surface area (Å²) in [7, 11) is -4.11. The van der Waals surface area contributed by atoms with Gasteiger partial charge in [-0.1, -0.05) is 44.2 Å². The van der Waals surface area contributed by atoms with Gasteiger partial charge in [0.05, 0.1) is 17.4 Å². The Morgan fingerprint density at radius 1 is 1.23 bits per heavy atom. The zero-order valence-corrected chi connectivity index (χ0v) is 19.1. The van der Waals surface area contributed by atoms with Gasteiger partial charge in [-0.3, -0.25) is 14.3 Å². The Balaban J connectivity index is 1.72. The van der Waals surface area contributed by atoms with E-state index in [2.05, 4.69) is 25.6 Å². The highest BCUT2D eigenvalue weighted by Gasteiger charge is 2.26. The predicted octanol–water partition coefficient (Wildman–Crippen LogP) is 2.23. The zero-order chi connectivity index (χ0) is 22.6. The van der Waals surface area contributed by atoms with Crippen molar-refractivity contribution in [1.29, 1.82) is 0 Å². The number of hydrogen-bond donors (Lipinski definition) is 3. The lowest BCUT2D eigenvalue weighted by Gasteiger charge is -2.15. The highest BCUT2D eigenvalue weighted by molar-refractivity contribution is 7.94. The number of aromatic nitrogens is 2. The highest BCUT2D eigenvalue weighted by Crippen LogP contribution is 2.26. The number of benzene rings is 1. The number of sulfonamides is 1. The van der Waals surface area contributed by atoms with Crippen molar-refractivity contribution in [3.05, 3.63) is 29.8 Å². The summed E-state index contributed by atoms with van der Waals surface area (Å²) in [6.45, 7) is 6.21. The van der Waals surface area contributed by atoms with Crippen molar-refractivity contribution in [3.63, 3.8) is 0 Å². The molecular weight excluding hydrogens is 442 g/mol. The van der Waals surface area contributed by atoms with Crippen molar-refractivity contribution in [1.82, 2.24) is 15.5 Å². The molecule has 3 N–H and O–H groups in total. The summed E-state index contributed by atoms with van der Waals surface area (Å²) in [6.07, 6.45) is 1.80. The number of nitrogens with zero attached hydrogens (tertiary/aromatic N) is 2. The Morgan fingerprint density at radius 3 is 2.65 bits per heavy atom. The van der Waals surface area contributed by atoms with Gasteiger partial charge in [-0.2, -0.15) is 8.42 Å². The fraction of sp³-hybridized carbons (Fsp3) is 0.474. The van der Waals surface area contributed by atoms with Crippen LogP contribution in [0.25, 0.3) is 0 Å². The van der Waals surface area contributed by atoms with Crippen LogP contribution < -0.4 is 15.4 Å². The van der Waals surface area contributed by atoms with Crippen LogP contribution in [0.4, 0.5) is 10.8 Å². The van der Waals surface area contributed by atoms with Gasteiger partial charge in [0, 0.05) is 18.6 Å². The number of carbonyl (C=O) groups is 2. The predicted molar refractivity (Wildman–Crippen MR) is 117 cm³/mol. The Kier molecular flexibility index (Phi) is 6.92. The van der Waals surface area contributed by atoms with Crippen LogP contribution in [0.1, 0.15) is 44.0 Å². The van der Waals surface area contributed by atoms with Gasteiger partial charge in [-0.05, 0) is 25.0 Å². The van der Waals surface area contributed by atoms with E-state index in [-0.39, 0.29) is 32.7 Å². The molecule has 3 rings (SSSR count). The van der Waals surface area contributed by atoms with Crippen LogP contribution in [0.2, 0.25) is 0 Å². The third-order valence-electron chi connectivity index (χ3n) is 4.47. The Labute approximate surface area is 184 Å². The molecule has 31 heavy (non-hydrogen) atoms. The molecule has 0 radical (unpaired) electrons. The summed E-state index contributed by atoms with van der Waals surface area (Å²) in [4.78, 5) is 24.7. The maximum atomic E-state index is 12.8. The molecule has 12 heteroatoms. The third-order valence-corrected chi connectivity index (χ3v) is 7.04. The summed E-state index contributed by atoms with van der Waals surface area (Å²) < 4.78 is 33.1. The van der Waals surface area contributed by atoms with E-state index < -0.39 is 21.3 Å². The number of hydrogen-bond acceptors (Lipinski definition) is 8. The van der Waals surface area contributed by atoms with Gasteiger partial charge in [0.15, 0.2) is 0 Å². The van der Waals surface area contributed by atoms with Crippen LogP contribution in [-0.4, -0.2) is 49.7 Å². The first-order valence-corrected chi connectivity index (χ1v) is 12.0. The maximum Gasteiger partial charge on any atom is 0.291 e. The molecule has 1 saturated heterocycles. The standard InChI is InChI=1S/C19H25N5O5S2/c1-19(2,3)16(26)21-17-22-23-18(30-17)31(27,28)24-14-9-5-4-8-13(14)15(25)20-11-12-7-6-10-29-12/h4-5,8-9,12,24H,6-7,10-11H2,1-3H3,(H,20,25)(H,21,22,26)/t12-/m1/s1. The van der Waals surface area contributed by atoms with Crippen molar-refractivity contribution in [2.24, 2.45) is 5.41 Å². The van der Waals surface area contributed by atoms with Gasteiger partial charge in [-0.25, -0.2) is 0 Å². The fourth-order valence-electron chi connectivity index (χ4n) is 2.72. The molecule has 0 spiro atoms. The molecule has 2 heterocycles.